The molecule has 0 fully saturated rings. The number of para-hydroxylation sites is 1. The number of nitrogen functional groups attached to an aromatic ring is 1. The number of ether oxygens (including phenoxy) is 1. The van der Waals surface area contributed by atoms with Gasteiger partial charge in [-0.2, -0.15) is 0 Å². The molecule has 0 aromatic heterocycles. The molecule has 13 heavy (non-hydrogen) atoms. The molecule has 0 saturated heterocycles. The Kier molecular flexibility index (Phi) is 2.62. The van der Waals surface area contributed by atoms with Crippen molar-refractivity contribution in [3.8, 4) is 0 Å². The van der Waals surface area contributed by atoms with E-state index in [1.54, 1.807) is 7.11 Å². The minimum atomic E-state index is -0.309. The maximum Gasteiger partial charge on any atom is 0.0891 e. The molecule has 0 spiro atoms. The van der Waals surface area contributed by atoms with Crippen molar-refractivity contribution in [2.24, 2.45) is 0 Å². The molecule has 1 aromatic rings. The fraction of sp³-hybridized carbons (Fsp3) is 0.455. The molecule has 0 saturated carbocycles. The standard InChI is InChI=1S/C11H17NO/c1-8-6-5-7-9(10(8)12)11(2,3)13-4/h5-7H,12H2,1-4H3. The summed E-state index contributed by atoms with van der Waals surface area (Å²) >= 11 is 0. The second kappa shape index (κ2) is 3.38. The van der Waals surface area contributed by atoms with Crippen LogP contribution in [0.2, 0.25) is 0 Å². The Morgan fingerprint density at radius 1 is 1.31 bits per heavy atom. The Balaban J connectivity index is 3.22. The van der Waals surface area contributed by atoms with Gasteiger partial charge in [0, 0.05) is 18.4 Å². The molecule has 0 aliphatic heterocycles. The first-order valence-corrected chi connectivity index (χ1v) is 4.40. The van der Waals surface area contributed by atoms with Crippen LogP contribution in [-0.4, -0.2) is 7.11 Å². The monoisotopic (exact) mass is 179 g/mol. The molecule has 2 N–H and O–H groups in total. The third-order valence-corrected chi connectivity index (χ3v) is 2.48. The number of benzene rings is 1. The van der Waals surface area contributed by atoms with Crippen LogP contribution < -0.4 is 5.73 Å². The third kappa shape index (κ3) is 1.83. The highest BCUT2D eigenvalue weighted by molar-refractivity contribution is 5.55. The first-order chi connectivity index (χ1) is 5.99. The quantitative estimate of drug-likeness (QED) is 0.708. The van der Waals surface area contributed by atoms with Crippen molar-refractivity contribution < 1.29 is 4.74 Å². The zero-order valence-corrected chi connectivity index (χ0v) is 8.72. The van der Waals surface area contributed by atoms with Crippen molar-refractivity contribution in [3.63, 3.8) is 0 Å². The smallest absolute Gasteiger partial charge is 0.0891 e. The van der Waals surface area contributed by atoms with Gasteiger partial charge in [-0.1, -0.05) is 18.2 Å². The van der Waals surface area contributed by atoms with Crippen molar-refractivity contribution in [1.29, 1.82) is 0 Å². The summed E-state index contributed by atoms with van der Waals surface area (Å²) in [5, 5.41) is 0. The van der Waals surface area contributed by atoms with Crippen LogP contribution in [0.25, 0.3) is 0 Å². The Labute approximate surface area is 79.7 Å². The first kappa shape index (κ1) is 10.1. The maximum atomic E-state index is 5.96. The van der Waals surface area contributed by atoms with Gasteiger partial charge >= 0.3 is 0 Å². The van der Waals surface area contributed by atoms with E-state index in [4.69, 9.17) is 10.5 Å². The molecule has 1 aromatic carbocycles. The Morgan fingerprint density at radius 3 is 2.46 bits per heavy atom. The summed E-state index contributed by atoms with van der Waals surface area (Å²) in [6.45, 7) is 6.03. The molecule has 1 rings (SSSR count). The van der Waals surface area contributed by atoms with Gasteiger partial charge in [-0.05, 0) is 26.3 Å². The SMILES string of the molecule is COC(C)(C)c1cccc(C)c1N. The van der Waals surface area contributed by atoms with Crippen molar-refractivity contribution in [2.75, 3.05) is 12.8 Å². The predicted molar refractivity (Wildman–Crippen MR) is 55.6 cm³/mol. The lowest BCUT2D eigenvalue weighted by Crippen LogP contribution is -2.21. The van der Waals surface area contributed by atoms with E-state index >= 15 is 0 Å². The van der Waals surface area contributed by atoms with E-state index in [1.165, 1.54) is 0 Å². The van der Waals surface area contributed by atoms with Gasteiger partial charge in [-0.25, -0.2) is 0 Å². The summed E-state index contributed by atoms with van der Waals surface area (Å²) in [6.07, 6.45) is 0. The van der Waals surface area contributed by atoms with Crippen LogP contribution in [0.4, 0.5) is 5.69 Å². The molecule has 0 radical (unpaired) electrons. The molecule has 0 amide bonds. The lowest BCUT2D eigenvalue weighted by molar-refractivity contribution is 0.0198. The van der Waals surface area contributed by atoms with Gasteiger partial charge < -0.3 is 10.5 Å². The van der Waals surface area contributed by atoms with Gasteiger partial charge in [0.2, 0.25) is 0 Å². The normalized spacial score (nSPS) is 11.7. The van der Waals surface area contributed by atoms with Crippen LogP contribution in [0.1, 0.15) is 25.0 Å². The largest absolute Gasteiger partial charge is 0.398 e. The highest BCUT2D eigenvalue weighted by atomic mass is 16.5. The predicted octanol–water partition coefficient (Wildman–Crippen LogP) is 2.46. The highest BCUT2D eigenvalue weighted by Gasteiger charge is 2.22. The zero-order valence-electron chi connectivity index (χ0n) is 8.72. The molecule has 0 aliphatic carbocycles. The van der Waals surface area contributed by atoms with Crippen LogP contribution in [0.5, 0.6) is 0 Å². The van der Waals surface area contributed by atoms with Gasteiger partial charge in [0.25, 0.3) is 0 Å². The number of aryl methyl sites for hydroxylation is 1. The van der Waals surface area contributed by atoms with Gasteiger partial charge in [0.1, 0.15) is 0 Å². The van der Waals surface area contributed by atoms with Gasteiger partial charge in [0.15, 0.2) is 0 Å². The number of anilines is 1. The lowest BCUT2D eigenvalue weighted by atomic mass is 9.94. The minimum Gasteiger partial charge on any atom is -0.398 e. The van der Waals surface area contributed by atoms with Gasteiger partial charge in [0.05, 0.1) is 5.60 Å². The van der Waals surface area contributed by atoms with E-state index < -0.39 is 0 Å². The van der Waals surface area contributed by atoms with Crippen LogP contribution >= 0.6 is 0 Å². The van der Waals surface area contributed by atoms with Crippen molar-refractivity contribution >= 4 is 5.69 Å². The Hall–Kier alpha value is -1.02. The topological polar surface area (TPSA) is 35.2 Å². The Morgan fingerprint density at radius 2 is 1.92 bits per heavy atom. The maximum absolute atomic E-state index is 5.96. The molecule has 2 heteroatoms. The van der Waals surface area contributed by atoms with Crippen LogP contribution in [0.3, 0.4) is 0 Å². The van der Waals surface area contributed by atoms with Gasteiger partial charge in [-0.15, -0.1) is 0 Å². The molecule has 0 atom stereocenters. The third-order valence-electron chi connectivity index (χ3n) is 2.48. The summed E-state index contributed by atoms with van der Waals surface area (Å²) in [5.41, 5.74) is 8.63. The van der Waals surface area contributed by atoms with Crippen LogP contribution in [-0.2, 0) is 10.3 Å². The first-order valence-electron chi connectivity index (χ1n) is 4.40. The summed E-state index contributed by atoms with van der Waals surface area (Å²) in [4.78, 5) is 0. The number of nitrogens with two attached hydrogens (primary N) is 1. The van der Waals surface area contributed by atoms with E-state index in [9.17, 15) is 0 Å². The number of hydrogen-bond acceptors (Lipinski definition) is 2. The molecule has 0 bridgehead atoms. The summed E-state index contributed by atoms with van der Waals surface area (Å²) < 4.78 is 5.38. The number of rotatable bonds is 2. The van der Waals surface area contributed by atoms with Gasteiger partial charge in [-0.3, -0.25) is 0 Å². The summed E-state index contributed by atoms with van der Waals surface area (Å²) in [6, 6.07) is 6.01. The highest BCUT2D eigenvalue weighted by Crippen LogP contribution is 2.30. The van der Waals surface area contributed by atoms with Crippen molar-refractivity contribution in [2.45, 2.75) is 26.4 Å². The molecular formula is C11H17NO. The average Bonchev–Trinajstić information content (AvgIpc) is 2.09. The zero-order chi connectivity index (χ0) is 10.1. The fourth-order valence-corrected chi connectivity index (χ4v) is 1.32. The molecular weight excluding hydrogens is 162 g/mol. The van der Waals surface area contributed by atoms with Crippen molar-refractivity contribution in [3.05, 3.63) is 29.3 Å². The van der Waals surface area contributed by atoms with E-state index in [-0.39, 0.29) is 5.60 Å². The lowest BCUT2D eigenvalue weighted by Gasteiger charge is -2.25. The van der Waals surface area contributed by atoms with Crippen LogP contribution in [0.15, 0.2) is 18.2 Å². The molecule has 72 valence electrons. The van der Waals surface area contributed by atoms with E-state index in [1.807, 2.05) is 39.0 Å². The molecule has 2 nitrogen and oxygen atoms in total. The molecule has 0 unspecified atom stereocenters. The number of hydrogen-bond donors (Lipinski definition) is 1. The number of methoxy groups -OCH3 is 1. The molecule has 0 heterocycles. The van der Waals surface area contributed by atoms with E-state index in [2.05, 4.69) is 0 Å². The summed E-state index contributed by atoms with van der Waals surface area (Å²) in [7, 11) is 1.70. The summed E-state index contributed by atoms with van der Waals surface area (Å²) in [5.74, 6) is 0. The second-order valence-electron chi connectivity index (χ2n) is 3.75. The molecule has 0 aliphatic rings. The fourth-order valence-electron chi connectivity index (χ4n) is 1.32. The minimum absolute atomic E-state index is 0.309. The average molecular weight is 179 g/mol. The Bertz CT molecular complexity index is 305. The second-order valence-corrected chi connectivity index (χ2v) is 3.75. The van der Waals surface area contributed by atoms with Crippen molar-refractivity contribution in [1.82, 2.24) is 0 Å². The van der Waals surface area contributed by atoms with E-state index in [0.717, 1.165) is 16.8 Å². The van der Waals surface area contributed by atoms with Crippen LogP contribution in [0, 0.1) is 6.92 Å². The van der Waals surface area contributed by atoms with E-state index in [0.29, 0.717) is 0 Å².